The normalized spacial score (nSPS) is 10.5. The zero-order valence-electron chi connectivity index (χ0n) is 16.6. The van der Waals surface area contributed by atoms with Gasteiger partial charge in [0.25, 0.3) is 0 Å². The van der Waals surface area contributed by atoms with Gasteiger partial charge in [-0.05, 0) is 48.5 Å². The van der Waals surface area contributed by atoms with E-state index in [1.54, 1.807) is 43.5 Å². The number of nitrogens with one attached hydrogen (secondary N) is 1. The molecule has 1 aromatic heterocycles. The molecule has 1 heterocycles. The van der Waals surface area contributed by atoms with Crippen LogP contribution in [0.3, 0.4) is 0 Å². The molecule has 3 rings (SSSR count). The van der Waals surface area contributed by atoms with Crippen LogP contribution in [0.1, 0.15) is 0 Å². The van der Waals surface area contributed by atoms with Gasteiger partial charge in [0.15, 0.2) is 0 Å². The maximum atomic E-state index is 12.0. The number of urea groups is 1. The SMILES string of the molecule is COS(=O)(=O)O.COc1ccccc1-n1ccc(=NC(=O)Nc2ccc(Cl)cc2)cc1. The fourth-order valence-corrected chi connectivity index (χ4v) is 2.42. The zero-order valence-corrected chi connectivity index (χ0v) is 18.2. The van der Waals surface area contributed by atoms with Crippen molar-refractivity contribution in [3.63, 3.8) is 0 Å². The minimum atomic E-state index is -4.16. The first kappa shape index (κ1) is 24.1. The second-order valence-corrected chi connectivity index (χ2v) is 7.40. The Hall–Kier alpha value is -3.18. The van der Waals surface area contributed by atoms with Gasteiger partial charge in [-0.15, -0.1) is 0 Å². The van der Waals surface area contributed by atoms with E-state index in [-0.39, 0.29) is 0 Å². The third kappa shape index (κ3) is 8.22. The topological polar surface area (TPSA) is 119 Å². The minimum Gasteiger partial charge on any atom is -0.495 e. The molecule has 2 aromatic carbocycles. The summed E-state index contributed by atoms with van der Waals surface area (Å²) < 4.78 is 37.0. The molecule has 0 saturated carbocycles. The van der Waals surface area contributed by atoms with E-state index < -0.39 is 16.4 Å². The molecule has 31 heavy (non-hydrogen) atoms. The van der Waals surface area contributed by atoms with Crippen LogP contribution < -0.4 is 15.4 Å². The summed E-state index contributed by atoms with van der Waals surface area (Å²) in [5.74, 6) is 0.762. The number of amides is 2. The van der Waals surface area contributed by atoms with E-state index in [1.807, 2.05) is 41.2 Å². The van der Waals surface area contributed by atoms with Crippen molar-refractivity contribution in [1.29, 1.82) is 0 Å². The summed E-state index contributed by atoms with van der Waals surface area (Å²) in [4.78, 5) is 16.0. The highest BCUT2D eigenvalue weighted by Gasteiger charge is 2.03. The number of para-hydroxylation sites is 2. The molecule has 0 aliphatic heterocycles. The number of nitrogens with zero attached hydrogens (tertiary/aromatic N) is 2. The molecule has 9 nitrogen and oxygen atoms in total. The van der Waals surface area contributed by atoms with Crippen molar-refractivity contribution in [2.45, 2.75) is 0 Å². The highest BCUT2D eigenvalue weighted by Crippen LogP contribution is 2.21. The van der Waals surface area contributed by atoms with Crippen molar-refractivity contribution in [3.8, 4) is 11.4 Å². The maximum Gasteiger partial charge on any atom is 0.397 e. The molecule has 0 bridgehead atoms. The molecule has 0 atom stereocenters. The summed E-state index contributed by atoms with van der Waals surface area (Å²) in [6.45, 7) is 0. The summed E-state index contributed by atoms with van der Waals surface area (Å²) in [5, 5.41) is 3.85. The largest absolute Gasteiger partial charge is 0.495 e. The molecular weight excluding hydrogens is 446 g/mol. The van der Waals surface area contributed by atoms with Crippen LogP contribution in [-0.4, -0.2) is 37.8 Å². The summed E-state index contributed by atoms with van der Waals surface area (Å²) >= 11 is 5.82. The molecule has 0 spiro atoms. The monoisotopic (exact) mass is 465 g/mol. The summed E-state index contributed by atoms with van der Waals surface area (Å²) in [7, 11) is -1.66. The van der Waals surface area contributed by atoms with Crippen molar-refractivity contribution in [2.75, 3.05) is 19.5 Å². The Morgan fingerprint density at radius 2 is 1.61 bits per heavy atom. The Bertz CT molecular complexity index is 1170. The molecule has 0 fully saturated rings. The first-order valence-electron chi connectivity index (χ1n) is 8.68. The predicted molar refractivity (Wildman–Crippen MR) is 117 cm³/mol. The summed E-state index contributed by atoms with van der Waals surface area (Å²) in [6.07, 6.45) is 3.65. The van der Waals surface area contributed by atoms with Crippen molar-refractivity contribution < 1.29 is 26.7 Å². The Balaban J connectivity index is 0.000000501. The number of hydrogen-bond acceptors (Lipinski definition) is 5. The van der Waals surface area contributed by atoms with Gasteiger partial charge in [-0.3, -0.25) is 8.74 Å². The molecule has 0 aliphatic rings. The second-order valence-electron chi connectivity index (χ2n) is 5.78. The van der Waals surface area contributed by atoms with Crippen LogP contribution in [0.4, 0.5) is 10.5 Å². The van der Waals surface area contributed by atoms with E-state index in [9.17, 15) is 13.2 Å². The van der Waals surface area contributed by atoms with Gasteiger partial charge in [-0.2, -0.15) is 13.4 Å². The Morgan fingerprint density at radius 3 is 2.16 bits per heavy atom. The van der Waals surface area contributed by atoms with Crippen LogP contribution in [0, 0.1) is 0 Å². The highest BCUT2D eigenvalue weighted by atomic mass is 35.5. The number of anilines is 1. The number of hydrogen-bond donors (Lipinski definition) is 2. The lowest BCUT2D eigenvalue weighted by Crippen LogP contribution is -2.13. The van der Waals surface area contributed by atoms with Crippen LogP contribution in [0.25, 0.3) is 5.69 Å². The Kier molecular flexibility index (Phi) is 8.76. The number of halogens is 1. The first-order chi connectivity index (χ1) is 14.7. The average Bonchev–Trinajstić information content (AvgIpc) is 2.76. The molecule has 0 radical (unpaired) electrons. The van der Waals surface area contributed by atoms with Crippen molar-refractivity contribution >= 4 is 33.7 Å². The minimum absolute atomic E-state index is 0.447. The van der Waals surface area contributed by atoms with Crippen LogP contribution >= 0.6 is 11.6 Å². The zero-order chi connectivity index (χ0) is 22.9. The molecule has 11 heteroatoms. The number of carbonyl (C=O) groups is 1. The average molecular weight is 466 g/mol. The van der Waals surface area contributed by atoms with Gasteiger partial charge in [0, 0.05) is 23.1 Å². The van der Waals surface area contributed by atoms with Crippen molar-refractivity contribution in [1.82, 2.24) is 4.57 Å². The standard InChI is InChI=1S/C19H16ClN3O2.CH4O4S/c1-25-18-5-3-2-4-17(18)23-12-10-16(11-13-23)22-19(24)21-15-8-6-14(20)7-9-15;1-5-6(2,3)4/h2-13H,1H3,(H,21,24);1H3,(H,2,3,4). The maximum absolute atomic E-state index is 12.0. The van der Waals surface area contributed by atoms with Gasteiger partial charge in [-0.1, -0.05) is 23.7 Å². The number of pyridine rings is 1. The molecule has 0 unspecified atom stereocenters. The third-order valence-electron chi connectivity index (χ3n) is 3.71. The van der Waals surface area contributed by atoms with E-state index in [2.05, 4.69) is 14.5 Å². The van der Waals surface area contributed by atoms with E-state index in [0.717, 1.165) is 18.5 Å². The second kappa shape index (κ2) is 11.3. The van der Waals surface area contributed by atoms with Gasteiger partial charge in [0.2, 0.25) is 0 Å². The lowest BCUT2D eigenvalue weighted by Gasteiger charge is -2.10. The van der Waals surface area contributed by atoms with Gasteiger partial charge >= 0.3 is 16.4 Å². The molecule has 3 aromatic rings. The van der Waals surface area contributed by atoms with E-state index >= 15 is 0 Å². The van der Waals surface area contributed by atoms with Gasteiger partial charge in [0.1, 0.15) is 5.75 Å². The Labute approximate surface area is 184 Å². The smallest absolute Gasteiger partial charge is 0.397 e. The quantitative estimate of drug-likeness (QED) is 0.567. The van der Waals surface area contributed by atoms with Crippen LogP contribution in [0.2, 0.25) is 5.02 Å². The van der Waals surface area contributed by atoms with Gasteiger partial charge < -0.3 is 14.6 Å². The predicted octanol–water partition coefficient (Wildman–Crippen LogP) is 3.71. The summed E-state index contributed by atoms with van der Waals surface area (Å²) in [6, 6.07) is 17.6. The van der Waals surface area contributed by atoms with E-state index in [1.165, 1.54) is 0 Å². The molecular formula is C20H20ClN3O6S. The van der Waals surface area contributed by atoms with E-state index in [4.69, 9.17) is 20.9 Å². The van der Waals surface area contributed by atoms with Crippen LogP contribution in [0.5, 0.6) is 5.75 Å². The molecule has 2 N–H and O–H groups in total. The molecule has 0 saturated heterocycles. The number of ether oxygens (including phenoxy) is 1. The number of methoxy groups -OCH3 is 1. The van der Waals surface area contributed by atoms with Crippen molar-refractivity contribution in [2.24, 2.45) is 4.99 Å². The van der Waals surface area contributed by atoms with Crippen LogP contribution in [0.15, 0.2) is 78.0 Å². The van der Waals surface area contributed by atoms with E-state index in [0.29, 0.717) is 16.1 Å². The van der Waals surface area contributed by atoms with Gasteiger partial charge in [0.05, 0.1) is 25.3 Å². The van der Waals surface area contributed by atoms with Crippen molar-refractivity contribution in [3.05, 3.63) is 83.4 Å². The lowest BCUT2D eigenvalue weighted by molar-refractivity contribution is 0.259. The lowest BCUT2D eigenvalue weighted by atomic mass is 10.3. The fraction of sp³-hybridized carbons (Fsp3) is 0.100. The number of benzene rings is 2. The van der Waals surface area contributed by atoms with Gasteiger partial charge in [-0.25, -0.2) is 4.79 Å². The number of rotatable bonds is 4. The fourth-order valence-electron chi connectivity index (χ4n) is 2.30. The first-order valence-corrected chi connectivity index (χ1v) is 10.4. The Morgan fingerprint density at radius 1 is 1.03 bits per heavy atom. The van der Waals surface area contributed by atoms with Crippen LogP contribution in [-0.2, 0) is 14.6 Å². The molecule has 0 aliphatic carbocycles. The number of aromatic nitrogens is 1. The summed E-state index contributed by atoms with van der Waals surface area (Å²) in [5.41, 5.74) is 1.54. The molecule has 2 amide bonds. The highest BCUT2D eigenvalue weighted by molar-refractivity contribution is 7.80. The number of carbonyl (C=O) groups excluding carboxylic acids is 1. The third-order valence-corrected chi connectivity index (χ3v) is 4.39. The molecule has 164 valence electrons.